The number of halogens is 3. The van der Waals surface area contributed by atoms with Crippen molar-refractivity contribution in [3.8, 4) is 11.5 Å². The van der Waals surface area contributed by atoms with Crippen LogP contribution in [0.4, 0.5) is 13.2 Å². The summed E-state index contributed by atoms with van der Waals surface area (Å²) in [6, 6.07) is 3.65. The summed E-state index contributed by atoms with van der Waals surface area (Å²) in [4.78, 5) is 0. The molecule has 0 aromatic heterocycles. The first-order chi connectivity index (χ1) is 7.40. The molecule has 0 bridgehead atoms. The van der Waals surface area contributed by atoms with E-state index in [1.807, 2.05) is 0 Å². The van der Waals surface area contributed by atoms with Crippen LogP contribution < -0.4 is 10.5 Å². The lowest BCUT2D eigenvalue weighted by molar-refractivity contribution is -0.148. The Morgan fingerprint density at radius 2 is 2.06 bits per heavy atom. The molecule has 0 radical (unpaired) electrons. The molecule has 16 heavy (non-hydrogen) atoms. The van der Waals surface area contributed by atoms with Crippen molar-refractivity contribution in [2.75, 3.05) is 13.7 Å². The summed E-state index contributed by atoms with van der Waals surface area (Å²) >= 11 is 0. The molecule has 1 unspecified atom stereocenters. The topological polar surface area (TPSA) is 55.5 Å². The highest BCUT2D eigenvalue weighted by Crippen LogP contribution is 2.39. The van der Waals surface area contributed by atoms with Crippen LogP contribution in [0.15, 0.2) is 18.2 Å². The number of hydrogen-bond acceptors (Lipinski definition) is 3. The molecule has 0 aliphatic carbocycles. The van der Waals surface area contributed by atoms with Crippen LogP contribution in [-0.2, 0) is 0 Å². The molecule has 90 valence electrons. The number of ether oxygens (including phenoxy) is 1. The number of rotatable bonds is 3. The van der Waals surface area contributed by atoms with Gasteiger partial charge in [-0.05, 0) is 6.07 Å². The maximum Gasteiger partial charge on any atom is 0.397 e. The van der Waals surface area contributed by atoms with E-state index in [-0.39, 0.29) is 5.56 Å². The van der Waals surface area contributed by atoms with Gasteiger partial charge in [0.25, 0.3) is 0 Å². The van der Waals surface area contributed by atoms with Crippen LogP contribution in [-0.4, -0.2) is 24.9 Å². The molecule has 0 aliphatic rings. The van der Waals surface area contributed by atoms with Crippen molar-refractivity contribution in [2.24, 2.45) is 5.73 Å². The van der Waals surface area contributed by atoms with E-state index < -0.39 is 24.4 Å². The third-order valence-electron chi connectivity index (χ3n) is 2.24. The van der Waals surface area contributed by atoms with Crippen LogP contribution in [0.5, 0.6) is 11.5 Å². The highest BCUT2D eigenvalue weighted by Gasteiger charge is 2.41. The summed E-state index contributed by atoms with van der Waals surface area (Å²) in [5.41, 5.74) is 4.83. The van der Waals surface area contributed by atoms with E-state index in [4.69, 9.17) is 10.5 Å². The first-order valence-electron chi connectivity index (χ1n) is 4.53. The van der Waals surface area contributed by atoms with E-state index in [0.29, 0.717) is 5.75 Å². The van der Waals surface area contributed by atoms with E-state index in [9.17, 15) is 18.3 Å². The highest BCUT2D eigenvalue weighted by atomic mass is 19.4. The van der Waals surface area contributed by atoms with Gasteiger partial charge in [0.1, 0.15) is 11.5 Å². The summed E-state index contributed by atoms with van der Waals surface area (Å²) in [5, 5.41) is 9.45. The summed E-state index contributed by atoms with van der Waals surface area (Å²) in [6.07, 6.45) is -4.47. The SMILES string of the molecule is COc1ccc(C(CN)C(F)(F)F)c(O)c1. The number of phenols is 1. The van der Waals surface area contributed by atoms with Gasteiger partial charge in [0.15, 0.2) is 0 Å². The minimum Gasteiger partial charge on any atom is -0.508 e. The smallest absolute Gasteiger partial charge is 0.397 e. The van der Waals surface area contributed by atoms with Gasteiger partial charge in [-0.25, -0.2) is 0 Å². The normalized spacial score (nSPS) is 13.6. The van der Waals surface area contributed by atoms with E-state index in [0.717, 1.165) is 6.07 Å². The predicted molar refractivity (Wildman–Crippen MR) is 52.5 cm³/mol. The standard InChI is InChI=1S/C10H12F3NO2/c1-16-6-2-3-7(9(15)4-6)8(5-14)10(11,12)13/h2-4,8,15H,5,14H2,1H3. The van der Waals surface area contributed by atoms with Crippen molar-refractivity contribution in [1.29, 1.82) is 0 Å². The van der Waals surface area contributed by atoms with Crippen molar-refractivity contribution in [3.63, 3.8) is 0 Å². The van der Waals surface area contributed by atoms with Crippen LogP contribution in [0.2, 0.25) is 0 Å². The zero-order valence-electron chi connectivity index (χ0n) is 8.58. The molecule has 1 aromatic rings. The fourth-order valence-electron chi connectivity index (χ4n) is 1.38. The number of benzene rings is 1. The largest absolute Gasteiger partial charge is 0.508 e. The van der Waals surface area contributed by atoms with Crippen molar-refractivity contribution in [1.82, 2.24) is 0 Å². The Hall–Kier alpha value is -1.43. The number of alkyl halides is 3. The molecule has 0 amide bonds. The lowest BCUT2D eigenvalue weighted by atomic mass is 9.97. The molecule has 3 N–H and O–H groups in total. The number of hydrogen-bond donors (Lipinski definition) is 2. The van der Waals surface area contributed by atoms with Gasteiger partial charge >= 0.3 is 6.18 Å². The Labute approximate surface area is 90.6 Å². The summed E-state index contributed by atoms with van der Waals surface area (Å²) < 4.78 is 42.4. The summed E-state index contributed by atoms with van der Waals surface area (Å²) in [7, 11) is 1.36. The maximum absolute atomic E-state index is 12.5. The van der Waals surface area contributed by atoms with Gasteiger partial charge in [-0.3, -0.25) is 0 Å². The van der Waals surface area contributed by atoms with Crippen molar-refractivity contribution < 1.29 is 23.0 Å². The average Bonchev–Trinajstić information content (AvgIpc) is 2.19. The fraction of sp³-hybridized carbons (Fsp3) is 0.400. The Bertz CT molecular complexity index is 366. The Balaban J connectivity index is 3.12. The zero-order chi connectivity index (χ0) is 12.3. The van der Waals surface area contributed by atoms with Gasteiger partial charge in [0, 0.05) is 18.2 Å². The molecule has 0 saturated heterocycles. The molecule has 0 aliphatic heterocycles. The minimum absolute atomic E-state index is 0.240. The zero-order valence-corrected chi connectivity index (χ0v) is 8.58. The van der Waals surface area contributed by atoms with Crippen LogP contribution in [0, 0.1) is 0 Å². The van der Waals surface area contributed by atoms with Gasteiger partial charge in [-0.2, -0.15) is 13.2 Å². The predicted octanol–water partition coefficient (Wildman–Crippen LogP) is 2.01. The number of aromatic hydroxyl groups is 1. The van der Waals surface area contributed by atoms with Crippen LogP contribution in [0.25, 0.3) is 0 Å². The quantitative estimate of drug-likeness (QED) is 0.842. The number of methoxy groups -OCH3 is 1. The molecule has 1 aromatic carbocycles. The molecule has 1 atom stereocenters. The molecular weight excluding hydrogens is 223 g/mol. The number of phenolic OH excluding ortho intramolecular Hbond substituents is 1. The summed E-state index contributed by atoms with van der Waals surface area (Å²) in [6.45, 7) is -0.608. The van der Waals surface area contributed by atoms with Gasteiger partial charge < -0.3 is 15.6 Å². The monoisotopic (exact) mass is 235 g/mol. The Kier molecular flexibility index (Phi) is 3.64. The van der Waals surface area contributed by atoms with E-state index in [1.54, 1.807) is 0 Å². The second-order valence-corrected chi connectivity index (χ2v) is 3.25. The minimum atomic E-state index is -4.47. The Morgan fingerprint density at radius 3 is 2.44 bits per heavy atom. The molecule has 6 heteroatoms. The third-order valence-corrected chi connectivity index (χ3v) is 2.24. The van der Waals surface area contributed by atoms with Crippen molar-refractivity contribution in [2.45, 2.75) is 12.1 Å². The Morgan fingerprint density at radius 1 is 1.44 bits per heavy atom. The van der Waals surface area contributed by atoms with E-state index in [2.05, 4.69) is 0 Å². The van der Waals surface area contributed by atoms with E-state index in [1.165, 1.54) is 19.2 Å². The average molecular weight is 235 g/mol. The molecule has 1 rings (SSSR count). The first-order valence-corrected chi connectivity index (χ1v) is 4.53. The lowest BCUT2D eigenvalue weighted by Gasteiger charge is -2.20. The second kappa shape index (κ2) is 4.61. The van der Waals surface area contributed by atoms with Crippen molar-refractivity contribution in [3.05, 3.63) is 23.8 Å². The van der Waals surface area contributed by atoms with Crippen LogP contribution in [0.1, 0.15) is 11.5 Å². The number of nitrogens with two attached hydrogens (primary N) is 1. The molecule has 0 heterocycles. The highest BCUT2D eigenvalue weighted by molar-refractivity contribution is 5.42. The fourth-order valence-corrected chi connectivity index (χ4v) is 1.38. The van der Waals surface area contributed by atoms with Crippen molar-refractivity contribution >= 4 is 0 Å². The van der Waals surface area contributed by atoms with Crippen LogP contribution in [0.3, 0.4) is 0 Å². The molecule has 3 nitrogen and oxygen atoms in total. The van der Waals surface area contributed by atoms with Gasteiger partial charge in [-0.1, -0.05) is 6.07 Å². The van der Waals surface area contributed by atoms with Gasteiger partial charge in [0.2, 0.25) is 0 Å². The maximum atomic E-state index is 12.5. The van der Waals surface area contributed by atoms with Gasteiger partial charge in [-0.15, -0.1) is 0 Å². The lowest BCUT2D eigenvalue weighted by Crippen LogP contribution is -2.28. The van der Waals surface area contributed by atoms with E-state index >= 15 is 0 Å². The molecule has 0 spiro atoms. The molecule has 0 fully saturated rings. The van der Waals surface area contributed by atoms with Gasteiger partial charge in [0.05, 0.1) is 13.0 Å². The van der Waals surface area contributed by atoms with Crippen LogP contribution >= 0.6 is 0 Å². The summed E-state index contributed by atoms with van der Waals surface area (Å²) in [5.74, 6) is -2.04. The second-order valence-electron chi connectivity index (χ2n) is 3.25. The molecule has 0 saturated carbocycles. The third kappa shape index (κ3) is 2.57. The first kappa shape index (κ1) is 12.6. The molecular formula is C10H12F3NO2.